The van der Waals surface area contributed by atoms with E-state index in [0.29, 0.717) is 12.3 Å². The van der Waals surface area contributed by atoms with Crippen molar-refractivity contribution in [2.24, 2.45) is 5.92 Å². The van der Waals surface area contributed by atoms with Gasteiger partial charge in [0.25, 0.3) is 0 Å². The Hall–Kier alpha value is -1.35. The Balaban J connectivity index is 2.50. The highest BCUT2D eigenvalue weighted by Gasteiger charge is 2.07. The van der Waals surface area contributed by atoms with Crippen molar-refractivity contribution in [1.82, 2.24) is 0 Å². The van der Waals surface area contributed by atoms with Crippen LogP contribution < -0.4 is 5.32 Å². The average Bonchev–Trinajstić information content (AvgIpc) is 2.45. The molecule has 0 radical (unpaired) electrons. The topological polar surface area (TPSA) is 49.3 Å². The van der Waals surface area contributed by atoms with Crippen molar-refractivity contribution < 1.29 is 9.90 Å². The van der Waals surface area contributed by atoms with E-state index in [1.807, 2.05) is 31.2 Å². The Morgan fingerprint density at radius 1 is 1.21 bits per heavy atom. The van der Waals surface area contributed by atoms with Gasteiger partial charge in [-0.15, -0.1) is 0 Å². The van der Waals surface area contributed by atoms with Crippen molar-refractivity contribution in [2.75, 3.05) is 18.5 Å². The van der Waals surface area contributed by atoms with E-state index in [2.05, 4.69) is 12.2 Å². The molecule has 3 nitrogen and oxygen atoms in total. The van der Waals surface area contributed by atoms with Crippen LogP contribution in [0.2, 0.25) is 0 Å². The Morgan fingerprint density at radius 3 is 2.42 bits per heavy atom. The molecule has 1 atom stereocenters. The van der Waals surface area contributed by atoms with Gasteiger partial charge in [0.1, 0.15) is 0 Å². The molecular formula is C16H25NO2. The second kappa shape index (κ2) is 8.70. The van der Waals surface area contributed by atoms with Gasteiger partial charge >= 0.3 is 0 Å². The van der Waals surface area contributed by atoms with Gasteiger partial charge in [0, 0.05) is 30.8 Å². The van der Waals surface area contributed by atoms with E-state index in [9.17, 15) is 4.79 Å². The van der Waals surface area contributed by atoms with Crippen LogP contribution in [0.15, 0.2) is 24.3 Å². The minimum atomic E-state index is 0.177. The first-order valence-corrected chi connectivity index (χ1v) is 7.19. The highest BCUT2D eigenvalue weighted by molar-refractivity contribution is 5.96. The number of aliphatic hydroxyl groups excluding tert-OH is 1. The van der Waals surface area contributed by atoms with E-state index in [-0.39, 0.29) is 12.4 Å². The Bertz CT molecular complexity index is 367. The monoisotopic (exact) mass is 263 g/mol. The lowest BCUT2D eigenvalue weighted by Gasteiger charge is -2.16. The molecule has 0 saturated heterocycles. The fourth-order valence-electron chi connectivity index (χ4n) is 2.18. The van der Waals surface area contributed by atoms with Crippen molar-refractivity contribution in [3.8, 4) is 0 Å². The fourth-order valence-corrected chi connectivity index (χ4v) is 2.18. The van der Waals surface area contributed by atoms with Crippen LogP contribution in [0.5, 0.6) is 0 Å². The lowest BCUT2D eigenvalue weighted by molar-refractivity contribution is 0.0988. The van der Waals surface area contributed by atoms with E-state index in [0.717, 1.165) is 37.1 Å². The molecule has 0 aromatic heterocycles. The van der Waals surface area contributed by atoms with Crippen molar-refractivity contribution in [2.45, 2.75) is 39.5 Å². The van der Waals surface area contributed by atoms with Gasteiger partial charge < -0.3 is 10.4 Å². The normalized spacial score (nSPS) is 12.2. The summed E-state index contributed by atoms with van der Waals surface area (Å²) in [5.74, 6) is 0.683. The van der Waals surface area contributed by atoms with Gasteiger partial charge in [0.15, 0.2) is 5.78 Å². The first kappa shape index (κ1) is 15.7. The van der Waals surface area contributed by atoms with Crippen molar-refractivity contribution in [1.29, 1.82) is 0 Å². The smallest absolute Gasteiger partial charge is 0.162 e. The molecule has 0 spiro atoms. The number of carbonyl (C=O) groups excluding carboxylic acids is 1. The zero-order chi connectivity index (χ0) is 14.1. The highest BCUT2D eigenvalue weighted by atomic mass is 16.3. The zero-order valence-corrected chi connectivity index (χ0v) is 12.0. The molecule has 0 heterocycles. The van der Waals surface area contributed by atoms with E-state index < -0.39 is 0 Å². The number of ketones is 1. The molecule has 0 aliphatic rings. The first-order valence-electron chi connectivity index (χ1n) is 7.19. The highest BCUT2D eigenvalue weighted by Crippen LogP contribution is 2.15. The van der Waals surface area contributed by atoms with Crippen molar-refractivity contribution >= 4 is 11.5 Å². The number of rotatable bonds is 9. The molecule has 1 unspecified atom stereocenters. The first-order chi connectivity index (χ1) is 9.21. The maximum Gasteiger partial charge on any atom is 0.162 e. The molecule has 1 aromatic carbocycles. The Labute approximate surface area is 116 Å². The summed E-state index contributed by atoms with van der Waals surface area (Å²) in [6.45, 7) is 5.15. The van der Waals surface area contributed by atoms with Crippen LogP contribution in [0.25, 0.3) is 0 Å². The van der Waals surface area contributed by atoms with Gasteiger partial charge in [-0.25, -0.2) is 0 Å². The number of hydrogen-bond donors (Lipinski definition) is 2. The Kier molecular flexibility index (Phi) is 7.19. The van der Waals surface area contributed by atoms with Gasteiger partial charge in [-0.3, -0.25) is 4.79 Å². The number of Topliss-reactive ketones (excluding diaryl/α,β-unsaturated/α-hetero) is 1. The molecule has 0 saturated carbocycles. The van der Waals surface area contributed by atoms with E-state index in [4.69, 9.17) is 5.11 Å². The molecule has 1 aromatic rings. The number of anilines is 1. The molecule has 0 amide bonds. The minimum absolute atomic E-state index is 0.177. The summed E-state index contributed by atoms with van der Waals surface area (Å²) in [6, 6.07) is 7.64. The number of benzene rings is 1. The maximum absolute atomic E-state index is 11.5. The zero-order valence-electron chi connectivity index (χ0n) is 12.0. The lowest BCUT2D eigenvalue weighted by Crippen LogP contribution is -2.15. The van der Waals surface area contributed by atoms with Crippen LogP contribution in [0.1, 0.15) is 49.9 Å². The summed E-state index contributed by atoms with van der Waals surface area (Å²) in [4.78, 5) is 11.5. The average molecular weight is 263 g/mol. The molecule has 19 heavy (non-hydrogen) atoms. The summed E-state index contributed by atoms with van der Waals surface area (Å²) in [5.41, 5.74) is 1.81. The second-order valence-electron chi connectivity index (χ2n) is 4.90. The molecule has 1 rings (SSSR count). The molecule has 2 N–H and O–H groups in total. The van der Waals surface area contributed by atoms with Gasteiger partial charge in [-0.1, -0.05) is 20.3 Å². The van der Waals surface area contributed by atoms with Crippen LogP contribution in [0, 0.1) is 5.92 Å². The second-order valence-corrected chi connectivity index (χ2v) is 4.90. The van der Waals surface area contributed by atoms with Crippen LogP contribution >= 0.6 is 0 Å². The Morgan fingerprint density at radius 2 is 1.89 bits per heavy atom. The van der Waals surface area contributed by atoms with E-state index in [1.165, 1.54) is 0 Å². The van der Waals surface area contributed by atoms with Gasteiger partial charge in [-0.05, 0) is 43.0 Å². The molecule has 106 valence electrons. The fraction of sp³-hybridized carbons (Fsp3) is 0.562. The van der Waals surface area contributed by atoms with Crippen molar-refractivity contribution in [3.05, 3.63) is 29.8 Å². The molecule has 3 heteroatoms. The number of hydrogen-bond acceptors (Lipinski definition) is 3. The SMILES string of the molecule is CCCC(CCO)CNc1ccc(C(=O)CC)cc1. The predicted octanol–water partition coefficient (Wildman–Crippen LogP) is 3.49. The number of carbonyl (C=O) groups is 1. The standard InChI is InChI=1S/C16H25NO2/c1-3-5-13(10-11-18)12-17-15-8-6-14(7-9-15)16(19)4-2/h6-9,13,17-18H,3-5,10-12H2,1-2H3. The molecule has 0 aliphatic carbocycles. The minimum Gasteiger partial charge on any atom is -0.396 e. The summed E-state index contributed by atoms with van der Waals surface area (Å²) < 4.78 is 0. The third kappa shape index (κ3) is 5.43. The van der Waals surface area contributed by atoms with E-state index in [1.54, 1.807) is 0 Å². The number of aliphatic hydroxyl groups is 1. The summed E-state index contributed by atoms with van der Waals surface area (Å²) >= 11 is 0. The van der Waals surface area contributed by atoms with Crippen LogP contribution in [-0.4, -0.2) is 24.0 Å². The van der Waals surface area contributed by atoms with Gasteiger partial charge in [-0.2, -0.15) is 0 Å². The summed E-state index contributed by atoms with van der Waals surface area (Å²) in [5, 5.41) is 12.4. The number of nitrogens with one attached hydrogen (secondary N) is 1. The summed E-state index contributed by atoms with van der Waals surface area (Å²) in [7, 11) is 0. The summed E-state index contributed by atoms with van der Waals surface area (Å²) in [6.07, 6.45) is 3.64. The lowest BCUT2D eigenvalue weighted by atomic mass is 10.00. The van der Waals surface area contributed by atoms with Crippen LogP contribution in [-0.2, 0) is 0 Å². The molecule has 0 fully saturated rings. The van der Waals surface area contributed by atoms with Crippen molar-refractivity contribution in [3.63, 3.8) is 0 Å². The third-order valence-electron chi connectivity index (χ3n) is 3.36. The van der Waals surface area contributed by atoms with Gasteiger partial charge in [0.2, 0.25) is 0 Å². The van der Waals surface area contributed by atoms with Gasteiger partial charge in [0.05, 0.1) is 0 Å². The predicted molar refractivity (Wildman–Crippen MR) is 79.7 cm³/mol. The van der Waals surface area contributed by atoms with Crippen LogP contribution in [0.3, 0.4) is 0 Å². The third-order valence-corrected chi connectivity index (χ3v) is 3.36. The quantitative estimate of drug-likeness (QED) is 0.670. The maximum atomic E-state index is 11.5. The van der Waals surface area contributed by atoms with E-state index >= 15 is 0 Å². The van der Waals surface area contributed by atoms with Crippen LogP contribution in [0.4, 0.5) is 5.69 Å². The molecule has 0 bridgehead atoms. The largest absolute Gasteiger partial charge is 0.396 e. The molecule has 0 aliphatic heterocycles. The molecular weight excluding hydrogens is 238 g/mol.